The first-order valence-electron chi connectivity index (χ1n) is 4.26. The third-order valence-corrected chi connectivity index (χ3v) is 2.69. The number of carbonyl (C=O) groups is 1. The molecule has 0 spiro atoms. The van der Waals surface area contributed by atoms with E-state index in [1.165, 1.54) is 5.56 Å². The Bertz CT molecular complexity index is 305. The van der Waals surface area contributed by atoms with Crippen molar-refractivity contribution in [3.8, 4) is 0 Å². The molecule has 0 N–H and O–H groups in total. The molecular formula is C11H13BrO. The number of halogens is 1. The van der Waals surface area contributed by atoms with Gasteiger partial charge in [-0.25, -0.2) is 0 Å². The van der Waals surface area contributed by atoms with E-state index in [9.17, 15) is 4.79 Å². The lowest BCUT2D eigenvalue weighted by Gasteiger charge is -2.22. The van der Waals surface area contributed by atoms with Gasteiger partial charge in [-0.2, -0.15) is 0 Å². The summed E-state index contributed by atoms with van der Waals surface area (Å²) in [7, 11) is 0. The summed E-state index contributed by atoms with van der Waals surface area (Å²) in [5, 5.41) is 0. The van der Waals surface area contributed by atoms with Gasteiger partial charge in [-0.3, -0.25) is 0 Å². The number of hydrogen-bond acceptors (Lipinski definition) is 1. The van der Waals surface area contributed by atoms with Crippen LogP contribution in [0, 0.1) is 0 Å². The molecule has 13 heavy (non-hydrogen) atoms. The maximum atomic E-state index is 10.5. The zero-order valence-corrected chi connectivity index (χ0v) is 9.47. The molecule has 1 aromatic carbocycles. The van der Waals surface area contributed by atoms with Crippen molar-refractivity contribution in [2.45, 2.75) is 25.7 Å². The van der Waals surface area contributed by atoms with Crippen LogP contribution in [0.5, 0.6) is 0 Å². The van der Waals surface area contributed by atoms with E-state index in [1.807, 2.05) is 18.2 Å². The van der Waals surface area contributed by atoms with Crippen molar-refractivity contribution in [1.29, 1.82) is 0 Å². The minimum atomic E-state index is -0.0640. The van der Waals surface area contributed by atoms with Gasteiger partial charge < -0.3 is 4.79 Å². The molecule has 1 aromatic rings. The normalized spacial score (nSPS) is 11.3. The average Bonchev–Trinajstić information content (AvgIpc) is 2.04. The first kappa shape index (κ1) is 10.5. The second-order valence-electron chi connectivity index (χ2n) is 3.77. The molecule has 0 aliphatic heterocycles. The lowest BCUT2D eigenvalue weighted by atomic mass is 9.82. The SMILES string of the molecule is CC(C)(CC=O)c1cccc(Br)c1. The molecule has 0 aliphatic rings. The van der Waals surface area contributed by atoms with Crippen molar-refractivity contribution in [3.63, 3.8) is 0 Å². The molecule has 0 heterocycles. The molecular weight excluding hydrogens is 228 g/mol. The molecule has 0 amide bonds. The highest BCUT2D eigenvalue weighted by Gasteiger charge is 2.19. The molecule has 2 heteroatoms. The van der Waals surface area contributed by atoms with Crippen LogP contribution in [0.15, 0.2) is 28.7 Å². The molecule has 0 atom stereocenters. The average molecular weight is 241 g/mol. The summed E-state index contributed by atoms with van der Waals surface area (Å²) in [5.41, 5.74) is 1.12. The highest BCUT2D eigenvalue weighted by Crippen LogP contribution is 2.27. The smallest absolute Gasteiger partial charge is 0.120 e. The Balaban J connectivity index is 2.99. The van der Waals surface area contributed by atoms with Crippen molar-refractivity contribution >= 4 is 22.2 Å². The zero-order valence-electron chi connectivity index (χ0n) is 7.88. The van der Waals surface area contributed by atoms with E-state index in [4.69, 9.17) is 0 Å². The molecule has 0 radical (unpaired) electrons. The van der Waals surface area contributed by atoms with Crippen LogP contribution in [-0.2, 0) is 10.2 Å². The third kappa shape index (κ3) is 2.66. The minimum absolute atomic E-state index is 0.0640. The van der Waals surface area contributed by atoms with Crippen LogP contribution in [0.3, 0.4) is 0 Å². The predicted molar refractivity (Wildman–Crippen MR) is 57.8 cm³/mol. The van der Waals surface area contributed by atoms with E-state index < -0.39 is 0 Å². The summed E-state index contributed by atoms with van der Waals surface area (Å²) >= 11 is 3.42. The predicted octanol–water partition coefficient (Wildman–Crippen LogP) is 3.32. The van der Waals surface area contributed by atoms with Crippen molar-refractivity contribution < 1.29 is 4.79 Å². The van der Waals surface area contributed by atoms with Gasteiger partial charge in [0.2, 0.25) is 0 Å². The quantitative estimate of drug-likeness (QED) is 0.742. The van der Waals surface area contributed by atoms with Crippen molar-refractivity contribution in [1.82, 2.24) is 0 Å². The molecule has 0 aliphatic carbocycles. The van der Waals surface area contributed by atoms with Gasteiger partial charge in [0.15, 0.2) is 0 Å². The van der Waals surface area contributed by atoms with Gasteiger partial charge in [0, 0.05) is 10.9 Å². The summed E-state index contributed by atoms with van der Waals surface area (Å²) in [5.74, 6) is 0. The van der Waals surface area contributed by atoms with Crippen LogP contribution in [0.2, 0.25) is 0 Å². The van der Waals surface area contributed by atoms with Gasteiger partial charge in [-0.15, -0.1) is 0 Å². The number of benzene rings is 1. The fourth-order valence-corrected chi connectivity index (χ4v) is 1.63. The van der Waals surface area contributed by atoms with Crippen molar-refractivity contribution in [2.24, 2.45) is 0 Å². The van der Waals surface area contributed by atoms with Crippen molar-refractivity contribution in [2.75, 3.05) is 0 Å². The zero-order chi connectivity index (χ0) is 9.90. The minimum Gasteiger partial charge on any atom is -0.303 e. The second kappa shape index (κ2) is 4.05. The molecule has 1 nitrogen and oxygen atoms in total. The fourth-order valence-electron chi connectivity index (χ4n) is 1.24. The summed E-state index contributed by atoms with van der Waals surface area (Å²) in [6, 6.07) is 8.09. The summed E-state index contributed by atoms with van der Waals surface area (Å²) in [6.45, 7) is 4.15. The van der Waals surface area contributed by atoms with Crippen LogP contribution >= 0.6 is 15.9 Å². The van der Waals surface area contributed by atoms with Gasteiger partial charge in [-0.05, 0) is 23.1 Å². The summed E-state index contributed by atoms with van der Waals surface area (Å²) in [4.78, 5) is 10.5. The molecule has 0 unspecified atom stereocenters. The highest BCUT2D eigenvalue weighted by molar-refractivity contribution is 9.10. The monoisotopic (exact) mass is 240 g/mol. The van der Waals surface area contributed by atoms with Crippen LogP contribution in [0.25, 0.3) is 0 Å². The Morgan fingerprint density at radius 1 is 1.46 bits per heavy atom. The number of rotatable bonds is 3. The molecule has 70 valence electrons. The first-order chi connectivity index (χ1) is 6.06. The molecule has 0 saturated carbocycles. The van der Waals surface area contributed by atoms with Crippen LogP contribution in [-0.4, -0.2) is 6.29 Å². The van der Waals surface area contributed by atoms with Gasteiger partial charge in [0.05, 0.1) is 0 Å². The van der Waals surface area contributed by atoms with E-state index in [0.717, 1.165) is 10.8 Å². The lowest BCUT2D eigenvalue weighted by molar-refractivity contribution is -0.108. The number of hydrogen-bond donors (Lipinski definition) is 0. The van der Waals surface area contributed by atoms with Gasteiger partial charge in [0.25, 0.3) is 0 Å². The van der Waals surface area contributed by atoms with E-state index in [0.29, 0.717) is 6.42 Å². The maximum absolute atomic E-state index is 10.5. The van der Waals surface area contributed by atoms with Gasteiger partial charge in [0.1, 0.15) is 6.29 Å². The Labute approximate surface area is 87.3 Å². The second-order valence-corrected chi connectivity index (χ2v) is 4.68. The van der Waals surface area contributed by atoms with Crippen molar-refractivity contribution in [3.05, 3.63) is 34.3 Å². The number of carbonyl (C=O) groups excluding carboxylic acids is 1. The van der Waals surface area contributed by atoms with E-state index in [2.05, 4.69) is 35.8 Å². The molecule has 0 bridgehead atoms. The van der Waals surface area contributed by atoms with Gasteiger partial charge in [-0.1, -0.05) is 41.9 Å². The Kier molecular flexibility index (Phi) is 3.26. The van der Waals surface area contributed by atoms with E-state index in [-0.39, 0.29) is 5.41 Å². The standard InChI is InChI=1S/C11H13BrO/c1-11(2,6-7-13)9-4-3-5-10(12)8-9/h3-5,7-8H,6H2,1-2H3. The lowest BCUT2D eigenvalue weighted by Crippen LogP contribution is -2.17. The first-order valence-corrected chi connectivity index (χ1v) is 5.05. The molecule has 0 saturated heterocycles. The molecule has 1 rings (SSSR count). The Hall–Kier alpha value is -0.630. The maximum Gasteiger partial charge on any atom is 0.120 e. The summed E-state index contributed by atoms with van der Waals surface area (Å²) < 4.78 is 1.06. The highest BCUT2D eigenvalue weighted by atomic mass is 79.9. The largest absolute Gasteiger partial charge is 0.303 e. The Morgan fingerprint density at radius 2 is 2.15 bits per heavy atom. The van der Waals surface area contributed by atoms with E-state index in [1.54, 1.807) is 0 Å². The summed E-state index contributed by atoms with van der Waals surface area (Å²) in [6.07, 6.45) is 1.53. The number of aldehydes is 1. The Morgan fingerprint density at radius 3 is 2.69 bits per heavy atom. The molecule has 0 fully saturated rings. The fraction of sp³-hybridized carbons (Fsp3) is 0.364. The third-order valence-electron chi connectivity index (χ3n) is 2.20. The van der Waals surface area contributed by atoms with E-state index >= 15 is 0 Å². The van der Waals surface area contributed by atoms with Crippen LogP contribution < -0.4 is 0 Å². The van der Waals surface area contributed by atoms with Gasteiger partial charge >= 0.3 is 0 Å². The van der Waals surface area contributed by atoms with Crippen LogP contribution in [0.1, 0.15) is 25.8 Å². The van der Waals surface area contributed by atoms with Crippen LogP contribution in [0.4, 0.5) is 0 Å². The topological polar surface area (TPSA) is 17.1 Å². The molecule has 0 aromatic heterocycles.